The Labute approximate surface area is 338 Å². The van der Waals surface area contributed by atoms with Gasteiger partial charge in [0, 0.05) is 30.4 Å². The maximum atomic E-state index is 12.2. The van der Waals surface area contributed by atoms with E-state index in [0.29, 0.717) is 44.5 Å². The van der Waals surface area contributed by atoms with Gasteiger partial charge in [-0.05, 0) is 126 Å². The third-order valence-electron chi connectivity index (χ3n) is 11.2. The third kappa shape index (κ3) is 7.43. The van der Waals surface area contributed by atoms with Crippen LogP contribution in [0.2, 0.25) is 0 Å². The maximum absolute atomic E-state index is 12.2. The number of aromatic hydroxyl groups is 4. The van der Waals surface area contributed by atoms with E-state index in [1.165, 1.54) is 0 Å². The highest BCUT2D eigenvalue weighted by Gasteiger charge is 2.22. The number of fused-ring (bicyclic) bond motifs is 8. The normalized spacial score (nSPS) is 12.7. The van der Waals surface area contributed by atoms with Gasteiger partial charge in [-0.25, -0.2) is 0 Å². The Hall–Kier alpha value is -7.08. The van der Waals surface area contributed by atoms with Gasteiger partial charge in [-0.2, -0.15) is 0 Å². The molecular weight excluding hydrogens is 717 g/mol. The monoisotopic (exact) mass is 758 g/mol. The van der Waals surface area contributed by atoms with Crippen LogP contribution in [0, 0.1) is 0 Å². The van der Waals surface area contributed by atoms with E-state index in [2.05, 4.69) is 0 Å². The number of rotatable bonds is 4. The van der Waals surface area contributed by atoms with Crippen molar-refractivity contribution >= 4 is 0 Å². The smallest absolute Gasteiger partial charge is 0.124 e. The van der Waals surface area contributed by atoms with E-state index < -0.39 is 0 Å². The van der Waals surface area contributed by atoms with E-state index in [4.69, 9.17) is 4.74 Å². The largest absolute Gasteiger partial charge is 0.507 e. The Morgan fingerprint density at radius 2 is 0.466 bits per heavy atom. The highest BCUT2D eigenvalue weighted by Crippen LogP contribution is 2.41. The predicted octanol–water partition coefficient (Wildman–Crippen LogP) is 12.0. The highest BCUT2D eigenvalue weighted by atomic mass is 16.5. The van der Waals surface area contributed by atoms with Crippen LogP contribution in [0.5, 0.6) is 23.0 Å². The van der Waals surface area contributed by atoms with Crippen LogP contribution in [-0.4, -0.2) is 20.4 Å². The Bertz CT molecular complexity index is 2550. The lowest BCUT2D eigenvalue weighted by Crippen LogP contribution is -2.03. The molecule has 0 amide bonds. The van der Waals surface area contributed by atoms with Crippen molar-refractivity contribution < 1.29 is 25.2 Å². The van der Waals surface area contributed by atoms with Crippen LogP contribution in [0.1, 0.15) is 44.5 Å². The van der Waals surface area contributed by atoms with Crippen molar-refractivity contribution in [3.63, 3.8) is 0 Å². The van der Waals surface area contributed by atoms with Gasteiger partial charge in [-0.15, -0.1) is 0 Å². The van der Waals surface area contributed by atoms with Crippen LogP contribution in [0.25, 0.3) is 44.5 Å². The van der Waals surface area contributed by atoms with Gasteiger partial charge in [0.05, 0.1) is 13.2 Å². The zero-order valence-corrected chi connectivity index (χ0v) is 31.9. The Kier molecular flexibility index (Phi) is 9.97. The van der Waals surface area contributed by atoms with Crippen LogP contribution >= 0.6 is 0 Å². The molecule has 1 heterocycles. The van der Waals surface area contributed by atoms with E-state index in [9.17, 15) is 20.4 Å². The van der Waals surface area contributed by atoms with Gasteiger partial charge >= 0.3 is 0 Å². The summed E-state index contributed by atoms with van der Waals surface area (Å²) >= 11 is 0. The second kappa shape index (κ2) is 15.8. The second-order valence-corrected chi connectivity index (χ2v) is 15.1. The molecule has 4 N–H and O–H groups in total. The van der Waals surface area contributed by atoms with E-state index in [1.807, 2.05) is 170 Å². The van der Waals surface area contributed by atoms with Gasteiger partial charge in [0.15, 0.2) is 0 Å². The number of phenols is 4. The molecular formula is C53H42O5. The molecule has 1 aliphatic rings. The predicted molar refractivity (Wildman–Crippen MR) is 231 cm³/mol. The van der Waals surface area contributed by atoms with Crippen LogP contribution in [-0.2, 0) is 37.2 Å². The Morgan fingerprint density at radius 1 is 0.259 bits per heavy atom. The maximum Gasteiger partial charge on any atom is 0.124 e. The molecule has 58 heavy (non-hydrogen) atoms. The van der Waals surface area contributed by atoms with Gasteiger partial charge in [0.1, 0.15) is 23.0 Å². The zero-order valence-electron chi connectivity index (χ0n) is 31.9. The van der Waals surface area contributed by atoms with E-state index in [1.54, 1.807) is 0 Å². The topological polar surface area (TPSA) is 90.2 Å². The summed E-state index contributed by atoms with van der Waals surface area (Å²) in [6, 6.07) is 55.9. The molecule has 284 valence electrons. The lowest BCUT2D eigenvalue weighted by molar-refractivity contribution is 0.104. The lowest BCUT2D eigenvalue weighted by atomic mass is 9.88. The fourth-order valence-electron chi connectivity index (χ4n) is 8.14. The number of hydrogen-bond acceptors (Lipinski definition) is 5. The molecule has 5 heteroatoms. The first kappa shape index (κ1) is 36.6. The van der Waals surface area contributed by atoms with E-state index >= 15 is 0 Å². The van der Waals surface area contributed by atoms with Crippen LogP contribution < -0.4 is 0 Å². The van der Waals surface area contributed by atoms with Crippen LogP contribution in [0.15, 0.2) is 170 Å². The number of benzene rings is 8. The van der Waals surface area contributed by atoms with E-state index in [-0.39, 0.29) is 55.5 Å². The van der Waals surface area contributed by atoms with Crippen molar-refractivity contribution in [3.05, 3.63) is 214 Å². The molecule has 8 aromatic rings. The van der Waals surface area contributed by atoms with Crippen molar-refractivity contribution in [3.8, 4) is 67.5 Å². The zero-order chi connectivity index (χ0) is 39.6. The van der Waals surface area contributed by atoms with Crippen molar-refractivity contribution in [2.45, 2.75) is 32.5 Å². The standard InChI is InChI=1S/C53H42O5/c54-50-42-21-38(34-13-5-1-6-14-34)23-44(50)30-46-25-40(36-17-9-3-10-18-36)27-48(52(46)56)32-58-33-49-28-41(37-19-11-4-12-20-37)26-47(53(49)57)31-45-24-39(22-43(29-42)51(45)55)35-15-7-2-8-16-35/h1-28,54-57H,29-33H2. The summed E-state index contributed by atoms with van der Waals surface area (Å²) in [6.07, 6.45) is 0.711. The average Bonchev–Trinajstić information content (AvgIpc) is 3.26. The lowest BCUT2D eigenvalue weighted by Gasteiger charge is -2.20. The molecule has 0 aromatic heterocycles. The minimum Gasteiger partial charge on any atom is -0.507 e. The number of hydrogen-bond donors (Lipinski definition) is 4. The third-order valence-corrected chi connectivity index (χ3v) is 11.2. The summed E-state index contributed by atoms with van der Waals surface area (Å²) in [5.74, 6) is 0.388. The van der Waals surface area contributed by atoms with Crippen molar-refractivity contribution in [2.24, 2.45) is 0 Å². The van der Waals surface area contributed by atoms with Crippen LogP contribution in [0.4, 0.5) is 0 Å². The molecule has 9 rings (SSSR count). The molecule has 0 saturated carbocycles. The van der Waals surface area contributed by atoms with Gasteiger partial charge in [-0.1, -0.05) is 121 Å². The first-order valence-electron chi connectivity index (χ1n) is 19.6. The fourth-order valence-corrected chi connectivity index (χ4v) is 8.14. The van der Waals surface area contributed by atoms with Crippen molar-refractivity contribution in [2.75, 3.05) is 0 Å². The highest BCUT2D eigenvalue weighted by molar-refractivity contribution is 5.73. The second-order valence-electron chi connectivity index (χ2n) is 15.1. The summed E-state index contributed by atoms with van der Waals surface area (Å²) in [5.41, 5.74) is 12.6. The minimum absolute atomic E-state index is 0.0778. The fraction of sp³-hybridized carbons (Fsp3) is 0.0943. The van der Waals surface area contributed by atoms with Crippen LogP contribution in [0.3, 0.4) is 0 Å². The van der Waals surface area contributed by atoms with Gasteiger partial charge in [0.2, 0.25) is 0 Å². The van der Waals surface area contributed by atoms with Crippen molar-refractivity contribution in [1.82, 2.24) is 0 Å². The summed E-state index contributed by atoms with van der Waals surface area (Å²) in [6.45, 7) is 0.156. The molecule has 0 atom stereocenters. The molecule has 8 aromatic carbocycles. The molecule has 0 fully saturated rings. The molecule has 0 saturated heterocycles. The van der Waals surface area contributed by atoms with E-state index in [0.717, 1.165) is 44.5 Å². The summed E-state index contributed by atoms with van der Waals surface area (Å²) < 4.78 is 6.37. The Morgan fingerprint density at radius 3 is 0.707 bits per heavy atom. The summed E-state index contributed by atoms with van der Waals surface area (Å²) in [7, 11) is 0. The molecule has 1 aliphatic heterocycles. The number of ether oxygens (including phenoxy) is 1. The molecule has 0 aliphatic carbocycles. The quantitative estimate of drug-likeness (QED) is 0.143. The van der Waals surface area contributed by atoms with Gasteiger partial charge < -0.3 is 25.2 Å². The molecule has 0 unspecified atom stereocenters. The van der Waals surface area contributed by atoms with Gasteiger partial charge in [0.25, 0.3) is 0 Å². The molecule has 0 spiro atoms. The molecule has 5 nitrogen and oxygen atoms in total. The summed E-state index contributed by atoms with van der Waals surface area (Å²) in [5, 5.41) is 48.2. The van der Waals surface area contributed by atoms with Gasteiger partial charge in [-0.3, -0.25) is 0 Å². The number of phenolic OH excluding ortho intramolecular Hbond substituents is 4. The average molecular weight is 759 g/mol. The SMILES string of the molecule is Oc1c2cc(-c3ccccc3)cc1Cc1cc(-c3ccccc3)cc(c1O)Cc1cc(-c3ccccc3)cc(c1O)Cc1cc(-c3ccccc3)cc(c1O)COC2. The van der Waals surface area contributed by atoms with Crippen molar-refractivity contribution in [1.29, 1.82) is 0 Å². The first-order valence-corrected chi connectivity index (χ1v) is 19.6. The Balaban J connectivity index is 1.28. The molecule has 0 radical (unpaired) electrons. The minimum atomic E-state index is 0.0778. The first-order chi connectivity index (χ1) is 28.4. The molecule has 8 bridgehead atoms. The summed E-state index contributed by atoms with van der Waals surface area (Å²) in [4.78, 5) is 0.